The molecular formula is C21H24N6O2. The number of nitrogens with zero attached hydrogens (tertiary/aromatic N) is 4. The summed E-state index contributed by atoms with van der Waals surface area (Å²) >= 11 is 0. The highest BCUT2D eigenvalue weighted by Crippen LogP contribution is 2.30. The fourth-order valence-electron chi connectivity index (χ4n) is 4.29. The maximum absolute atomic E-state index is 12.5. The van der Waals surface area contributed by atoms with Crippen LogP contribution in [0.15, 0.2) is 29.3 Å². The SMILES string of the molecule is O=C1NN=C(c2cnccn2)/C1=C\c1[nH]c2c(c1CN1CCOCC1)CCCC2. The van der Waals surface area contributed by atoms with Gasteiger partial charge in [0.25, 0.3) is 5.91 Å². The molecule has 1 saturated heterocycles. The number of aryl methyl sites for hydroxylation is 1. The van der Waals surface area contributed by atoms with Gasteiger partial charge in [-0.25, -0.2) is 5.43 Å². The van der Waals surface area contributed by atoms with Gasteiger partial charge >= 0.3 is 0 Å². The number of hydrogen-bond acceptors (Lipinski definition) is 6. The van der Waals surface area contributed by atoms with Crippen molar-refractivity contribution in [2.45, 2.75) is 32.2 Å². The van der Waals surface area contributed by atoms with E-state index >= 15 is 0 Å². The first-order chi connectivity index (χ1) is 14.3. The maximum atomic E-state index is 12.5. The Labute approximate surface area is 169 Å². The number of hydrazone groups is 1. The van der Waals surface area contributed by atoms with E-state index < -0.39 is 0 Å². The van der Waals surface area contributed by atoms with E-state index in [0.29, 0.717) is 17.0 Å². The molecule has 1 aliphatic carbocycles. The van der Waals surface area contributed by atoms with E-state index in [4.69, 9.17) is 4.74 Å². The number of nitrogens with one attached hydrogen (secondary N) is 2. The first kappa shape index (κ1) is 18.2. The van der Waals surface area contributed by atoms with Gasteiger partial charge in [0, 0.05) is 43.4 Å². The standard InChI is InChI=1S/C21H24N6O2/c28-21-15(20(25-26-21)19-12-22-5-6-23-19)11-18-16(13-27-7-9-29-10-8-27)14-3-1-2-4-17(14)24-18/h5-6,11-12,24H,1-4,7-10,13H2,(H,26,28)/b15-11+. The van der Waals surface area contributed by atoms with Gasteiger partial charge in [0.05, 0.1) is 25.0 Å². The summed E-state index contributed by atoms with van der Waals surface area (Å²) in [4.78, 5) is 27.0. The second kappa shape index (κ2) is 7.88. The summed E-state index contributed by atoms with van der Waals surface area (Å²) in [5.74, 6) is -0.212. The summed E-state index contributed by atoms with van der Waals surface area (Å²) in [5.41, 5.74) is 9.25. The van der Waals surface area contributed by atoms with Crippen LogP contribution in [-0.2, 0) is 28.9 Å². The third-order valence-corrected chi connectivity index (χ3v) is 5.79. The number of hydrogen-bond donors (Lipinski definition) is 2. The van der Waals surface area contributed by atoms with E-state index in [1.165, 1.54) is 29.7 Å². The minimum Gasteiger partial charge on any atom is -0.379 e. The predicted octanol–water partition coefficient (Wildman–Crippen LogP) is 1.43. The topological polar surface area (TPSA) is 95.5 Å². The van der Waals surface area contributed by atoms with Crippen molar-refractivity contribution in [1.29, 1.82) is 0 Å². The quantitative estimate of drug-likeness (QED) is 0.768. The summed E-state index contributed by atoms with van der Waals surface area (Å²) in [7, 11) is 0. The molecule has 2 aliphatic heterocycles. The lowest BCUT2D eigenvalue weighted by Crippen LogP contribution is -2.36. The number of rotatable bonds is 4. The Morgan fingerprint density at radius 1 is 1.17 bits per heavy atom. The summed E-state index contributed by atoms with van der Waals surface area (Å²) in [6.45, 7) is 4.28. The van der Waals surface area contributed by atoms with E-state index in [1.807, 2.05) is 6.08 Å². The molecule has 1 amide bonds. The second-order valence-electron chi connectivity index (χ2n) is 7.62. The van der Waals surface area contributed by atoms with Gasteiger partial charge in [-0.2, -0.15) is 5.10 Å². The van der Waals surface area contributed by atoms with E-state index in [0.717, 1.165) is 51.4 Å². The summed E-state index contributed by atoms with van der Waals surface area (Å²) in [5, 5.41) is 4.20. The molecule has 8 heteroatoms. The molecule has 29 heavy (non-hydrogen) atoms. The Balaban J connectivity index is 1.53. The van der Waals surface area contributed by atoms with Crippen LogP contribution in [-0.4, -0.2) is 57.8 Å². The summed E-state index contributed by atoms with van der Waals surface area (Å²) < 4.78 is 5.50. The normalized spacial score (nSPS) is 21.2. The molecule has 8 nitrogen and oxygen atoms in total. The van der Waals surface area contributed by atoms with Gasteiger partial charge in [-0.05, 0) is 42.9 Å². The van der Waals surface area contributed by atoms with Crippen molar-refractivity contribution in [2.75, 3.05) is 26.3 Å². The molecule has 0 unspecified atom stereocenters. The molecule has 2 aromatic rings. The van der Waals surface area contributed by atoms with Crippen molar-refractivity contribution in [3.05, 3.63) is 52.4 Å². The molecular weight excluding hydrogens is 368 g/mol. The number of fused-ring (bicyclic) bond motifs is 1. The number of H-pyrrole nitrogens is 1. The fraction of sp³-hybridized carbons (Fsp3) is 0.429. The third kappa shape index (κ3) is 3.61. The zero-order chi connectivity index (χ0) is 19.6. The van der Waals surface area contributed by atoms with E-state index in [1.54, 1.807) is 18.6 Å². The number of aromatic nitrogens is 3. The lowest BCUT2D eigenvalue weighted by atomic mass is 9.93. The monoisotopic (exact) mass is 392 g/mol. The van der Waals surface area contributed by atoms with Crippen molar-refractivity contribution < 1.29 is 9.53 Å². The van der Waals surface area contributed by atoms with E-state index in [2.05, 4.69) is 30.4 Å². The van der Waals surface area contributed by atoms with Crippen LogP contribution in [0.5, 0.6) is 0 Å². The minimum absolute atomic E-state index is 0.212. The van der Waals surface area contributed by atoms with Gasteiger partial charge in [-0.15, -0.1) is 0 Å². The maximum Gasteiger partial charge on any atom is 0.273 e. The summed E-state index contributed by atoms with van der Waals surface area (Å²) in [6, 6.07) is 0. The van der Waals surface area contributed by atoms with Crippen LogP contribution >= 0.6 is 0 Å². The van der Waals surface area contributed by atoms with E-state index in [9.17, 15) is 4.79 Å². The average molecular weight is 392 g/mol. The Kier molecular flexibility index (Phi) is 4.95. The van der Waals surface area contributed by atoms with Crippen LogP contribution in [0.3, 0.4) is 0 Å². The molecule has 0 aromatic carbocycles. The summed E-state index contributed by atoms with van der Waals surface area (Å²) in [6.07, 6.45) is 11.3. The van der Waals surface area contributed by atoms with Crippen LogP contribution in [0.2, 0.25) is 0 Å². The van der Waals surface area contributed by atoms with Gasteiger partial charge in [-0.1, -0.05) is 0 Å². The molecule has 1 fully saturated rings. The van der Waals surface area contributed by atoms with Crippen molar-refractivity contribution >= 4 is 17.7 Å². The molecule has 3 aliphatic rings. The molecule has 4 heterocycles. The molecule has 0 atom stereocenters. The van der Waals surface area contributed by atoms with Crippen molar-refractivity contribution in [3.8, 4) is 0 Å². The Hall–Kier alpha value is -2.84. The molecule has 5 rings (SSSR count). The minimum atomic E-state index is -0.212. The largest absolute Gasteiger partial charge is 0.379 e. The smallest absolute Gasteiger partial charge is 0.273 e. The van der Waals surface area contributed by atoms with Crippen molar-refractivity contribution in [3.63, 3.8) is 0 Å². The number of amides is 1. The molecule has 2 N–H and O–H groups in total. The first-order valence-corrected chi connectivity index (χ1v) is 10.2. The highest BCUT2D eigenvalue weighted by molar-refractivity contribution is 6.32. The Morgan fingerprint density at radius 2 is 2.03 bits per heavy atom. The highest BCUT2D eigenvalue weighted by atomic mass is 16.5. The Morgan fingerprint density at radius 3 is 2.86 bits per heavy atom. The number of morpholine rings is 1. The molecule has 0 radical (unpaired) electrons. The van der Waals surface area contributed by atoms with Crippen LogP contribution < -0.4 is 5.43 Å². The Bertz CT molecular complexity index is 973. The number of ether oxygens (including phenoxy) is 1. The molecule has 0 bridgehead atoms. The predicted molar refractivity (Wildman–Crippen MR) is 108 cm³/mol. The van der Waals surface area contributed by atoms with Crippen LogP contribution in [0.25, 0.3) is 6.08 Å². The highest BCUT2D eigenvalue weighted by Gasteiger charge is 2.28. The van der Waals surface area contributed by atoms with Gasteiger partial charge in [0.1, 0.15) is 11.4 Å². The van der Waals surface area contributed by atoms with Crippen LogP contribution in [0.1, 0.15) is 41.1 Å². The van der Waals surface area contributed by atoms with Gasteiger partial charge < -0.3 is 9.72 Å². The molecule has 0 spiro atoms. The van der Waals surface area contributed by atoms with Crippen molar-refractivity contribution in [2.24, 2.45) is 5.10 Å². The molecule has 2 aromatic heterocycles. The number of aromatic amines is 1. The molecule has 0 saturated carbocycles. The number of carbonyl (C=O) groups is 1. The zero-order valence-corrected chi connectivity index (χ0v) is 16.3. The fourth-order valence-corrected chi connectivity index (χ4v) is 4.29. The van der Waals surface area contributed by atoms with Gasteiger partial charge in [-0.3, -0.25) is 19.7 Å². The van der Waals surface area contributed by atoms with Crippen LogP contribution in [0.4, 0.5) is 0 Å². The lowest BCUT2D eigenvalue weighted by molar-refractivity contribution is -0.116. The zero-order valence-electron chi connectivity index (χ0n) is 16.3. The first-order valence-electron chi connectivity index (χ1n) is 10.2. The van der Waals surface area contributed by atoms with Gasteiger partial charge in [0.15, 0.2) is 0 Å². The molecule has 150 valence electrons. The van der Waals surface area contributed by atoms with E-state index in [-0.39, 0.29) is 5.91 Å². The van der Waals surface area contributed by atoms with Gasteiger partial charge in [0.2, 0.25) is 0 Å². The average Bonchev–Trinajstić information content (AvgIpc) is 3.30. The third-order valence-electron chi connectivity index (χ3n) is 5.79. The lowest BCUT2D eigenvalue weighted by Gasteiger charge is -2.27. The number of carbonyl (C=O) groups excluding carboxylic acids is 1. The van der Waals surface area contributed by atoms with Crippen LogP contribution in [0, 0.1) is 0 Å². The second-order valence-corrected chi connectivity index (χ2v) is 7.62. The van der Waals surface area contributed by atoms with Crippen molar-refractivity contribution in [1.82, 2.24) is 25.3 Å².